The van der Waals surface area contributed by atoms with Crippen LogP contribution in [0, 0.1) is 0 Å². The van der Waals surface area contributed by atoms with Gasteiger partial charge in [-0.2, -0.15) is 0 Å². The van der Waals surface area contributed by atoms with Gasteiger partial charge in [-0.1, -0.05) is 262 Å². The van der Waals surface area contributed by atoms with Gasteiger partial charge in [0.1, 0.15) is 0 Å². The average Bonchev–Trinajstić information content (AvgIpc) is 3.24. The molecule has 0 aliphatic heterocycles. The molecule has 0 saturated carbocycles. The molecule has 2 unspecified atom stereocenters. The van der Waals surface area contributed by atoms with E-state index in [9.17, 15) is 15.0 Å². The molecule has 2 atom stereocenters. The Labute approximate surface area is 370 Å². The summed E-state index contributed by atoms with van der Waals surface area (Å²) in [5, 5.41) is 23.1. The summed E-state index contributed by atoms with van der Waals surface area (Å²) >= 11 is 0. The molecule has 0 spiro atoms. The molecule has 348 valence electrons. The van der Waals surface area contributed by atoms with Crippen LogP contribution in [0.1, 0.15) is 290 Å². The fraction of sp³-hybridized carbons (Fsp3) is 0.873. The van der Waals surface area contributed by atoms with Gasteiger partial charge in [-0.05, 0) is 57.8 Å². The standard InChI is InChI=1S/C55H105NO3/c1-3-5-7-9-11-13-15-17-19-21-22-23-24-25-26-27-28-29-30-31-32-33-34-35-37-39-41-43-45-47-49-51-55(59)56-53(52-57)54(58)50-48-46-44-42-40-38-36-20-18-16-14-12-10-8-6-4-2/h21-22,40,42,48,50,53-54,57-58H,3-20,23-39,41,43-47,49,51-52H2,1-2H3,(H,56,59)/b22-21-,42-40+,50-48+. The molecule has 3 N–H and O–H groups in total. The van der Waals surface area contributed by atoms with Crippen LogP contribution in [-0.2, 0) is 4.79 Å². The molecule has 0 saturated heterocycles. The number of nitrogens with one attached hydrogen (secondary N) is 1. The summed E-state index contributed by atoms with van der Waals surface area (Å²) in [5.41, 5.74) is 0. The van der Waals surface area contributed by atoms with E-state index in [0.29, 0.717) is 6.42 Å². The molecule has 0 aliphatic carbocycles. The van der Waals surface area contributed by atoms with E-state index in [-0.39, 0.29) is 12.5 Å². The van der Waals surface area contributed by atoms with Gasteiger partial charge in [0.15, 0.2) is 0 Å². The van der Waals surface area contributed by atoms with Gasteiger partial charge in [-0.25, -0.2) is 0 Å². The number of amides is 1. The predicted octanol–water partition coefficient (Wildman–Crippen LogP) is 17.3. The van der Waals surface area contributed by atoms with E-state index < -0.39 is 12.1 Å². The van der Waals surface area contributed by atoms with Crippen LogP contribution >= 0.6 is 0 Å². The van der Waals surface area contributed by atoms with Gasteiger partial charge >= 0.3 is 0 Å². The lowest BCUT2D eigenvalue weighted by Gasteiger charge is -2.19. The van der Waals surface area contributed by atoms with Crippen LogP contribution in [0.3, 0.4) is 0 Å². The van der Waals surface area contributed by atoms with Crippen molar-refractivity contribution in [1.29, 1.82) is 0 Å². The maximum atomic E-state index is 12.4. The maximum absolute atomic E-state index is 12.4. The predicted molar refractivity (Wildman–Crippen MR) is 262 cm³/mol. The van der Waals surface area contributed by atoms with Gasteiger partial charge in [0.25, 0.3) is 0 Å². The Hall–Kier alpha value is -1.39. The summed E-state index contributed by atoms with van der Waals surface area (Å²) in [5.74, 6) is -0.0696. The van der Waals surface area contributed by atoms with Gasteiger partial charge in [0.05, 0.1) is 18.8 Å². The van der Waals surface area contributed by atoms with E-state index in [1.54, 1.807) is 6.08 Å². The second kappa shape index (κ2) is 51.0. The van der Waals surface area contributed by atoms with Crippen molar-refractivity contribution in [2.24, 2.45) is 0 Å². The summed E-state index contributed by atoms with van der Waals surface area (Å²) in [6, 6.07) is -0.637. The Balaban J connectivity index is 3.46. The summed E-state index contributed by atoms with van der Waals surface area (Å²) in [4.78, 5) is 12.4. The van der Waals surface area contributed by atoms with Crippen molar-refractivity contribution >= 4 is 5.91 Å². The quantitative estimate of drug-likeness (QED) is 0.0423. The fourth-order valence-corrected chi connectivity index (χ4v) is 8.25. The molecule has 0 aliphatic rings. The number of allylic oxidation sites excluding steroid dienone is 5. The molecular formula is C55H105NO3. The van der Waals surface area contributed by atoms with Gasteiger partial charge in [-0.3, -0.25) is 4.79 Å². The third kappa shape index (κ3) is 47.5. The van der Waals surface area contributed by atoms with Crippen molar-refractivity contribution < 1.29 is 15.0 Å². The minimum atomic E-state index is -0.860. The van der Waals surface area contributed by atoms with Gasteiger partial charge < -0.3 is 15.5 Å². The molecule has 0 radical (unpaired) electrons. The van der Waals surface area contributed by atoms with E-state index >= 15 is 0 Å². The van der Waals surface area contributed by atoms with Crippen molar-refractivity contribution in [3.05, 3.63) is 36.5 Å². The Morgan fingerprint density at radius 3 is 0.983 bits per heavy atom. The first-order valence-electron chi connectivity index (χ1n) is 26.7. The van der Waals surface area contributed by atoms with E-state index in [1.165, 1.54) is 238 Å². The molecule has 59 heavy (non-hydrogen) atoms. The van der Waals surface area contributed by atoms with Crippen LogP contribution in [-0.4, -0.2) is 34.9 Å². The summed E-state index contributed by atoms with van der Waals surface area (Å²) in [6.45, 7) is 4.31. The van der Waals surface area contributed by atoms with Gasteiger partial charge in [-0.15, -0.1) is 0 Å². The van der Waals surface area contributed by atoms with E-state index in [4.69, 9.17) is 0 Å². The number of aliphatic hydroxyl groups excluding tert-OH is 2. The highest BCUT2D eigenvalue weighted by atomic mass is 16.3. The number of carbonyl (C=O) groups is 1. The molecule has 4 nitrogen and oxygen atoms in total. The summed E-state index contributed by atoms with van der Waals surface area (Å²) < 4.78 is 0. The van der Waals surface area contributed by atoms with Crippen LogP contribution in [0.15, 0.2) is 36.5 Å². The molecule has 0 bridgehead atoms. The lowest BCUT2D eigenvalue weighted by molar-refractivity contribution is -0.123. The number of carbonyl (C=O) groups excluding carboxylic acids is 1. The van der Waals surface area contributed by atoms with Crippen LogP contribution in [0.25, 0.3) is 0 Å². The fourth-order valence-electron chi connectivity index (χ4n) is 8.25. The third-order valence-electron chi connectivity index (χ3n) is 12.3. The van der Waals surface area contributed by atoms with E-state index in [0.717, 1.165) is 32.1 Å². The van der Waals surface area contributed by atoms with Crippen LogP contribution in [0.4, 0.5) is 0 Å². The van der Waals surface area contributed by atoms with Crippen molar-refractivity contribution in [1.82, 2.24) is 5.32 Å². The van der Waals surface area contributed by atoms with E-state index in [1.807, 2.05) is 6.08 Å². The Kier molecular flexibility index (Phi) is 49.8. The minimum absolute atomic E-state index is 0.0696. The highest BCUT2D eigenvalue weighted by Gasteiger charge is 2.17. The second-order valence-corrected chi connectivity index (χ2v) is 18.3. The molecule has 0 aromatic heterocycles. The topological polar surface area (TPSA) is 69.6 Å². The van der Waals surface area contributed by atoms with Crippen LogP contribution in [0.5, 0.6) is 0 Å². The lowest BCUT2D eigenvalue weighted by atomic mass is 10.0. The summed E-state index contributed by atoms with van der Waals surface area (Å²) in [7, 11) is 0. The summed E-state index contributed by atoms with van der Waals surface area (Å²) in [6.07, 6.45) is 68.7. The molecule has 1 amide bonds. The highest BCUT2D eigenvalue weighted by Crippen LogP contribution is 2.16. The average molecular weight is 828 g/mol. The van der Waals surface area contributed by atoms with Gasteiger partial charge in [0, 0.05) is 6.42 Å². The van der Waals surface area contributed by atoms with Gasteiger partial charge in [0.2, 0.25) is 5.91 Å². The zero-order chi connectivity index (χ0) is 42.8. The zero-order valence-corrected chi connectivity index (χ0v) is 40.0. The largest absolute Gasteiger partial charge is 0.394 e. The number of unbranched alkanes of at least 4 members (excludes halogenated alkanes) is 38. The first-order chi connectivity index (χ1) is 29.2. The number of hydrogen-bond acceptors (Lipinski definition) is 3. The Morgan fingerprint density at radius 1 is 0.390 bits per heavy atom. The molecule has 0 aromatic rings. The lowest BCUT2D eigenvalue weighted by Crippen LogP contribution is -2.45. The minimum Gasteiger partial charge on any atom is -0.394 e. The molecule has 0 aromatic carbocycles. The highest BCUT2D eigenvalue weighted by molar-refractivity contribution is 5.76. The number of aliphatic hydroxyl groups is 2. The SMILES string of the molecule is CCCCCCCCCC/C=C\CCCCCCCCCCCCCCCCCCCCCC(=O)NC(CO)C(O)/C=C/CC/C=C/CCCCCCCCCCCC. The van der Waals surface area contributed by atoms with Crippen molar-refractivity contribution in [3.63, 3.8) is 0 Å². The Morgan fingerprint density at radius 2 is 0.661 bits per heavy atom. The van der Waals surface area contributed by atoms with E-state index in [2.05, 4.69) is 43.5 Å². The number of rotatable bonds is 49. The third-order valence-corrected chi connectivity index (χ3v) is 12.3. The molecular weight excluding hydrogens is 723 g/mol. The molecule has 0 fully saturated rings. The Bertz CT molecular complexity index is 897. The maximum Gasteiger partial charge on any atom is 0.220 e. The normalized spacial score (nSPS) is 13.1. The van der Waals surface area contributed by atoms with Crippen LogP contribution < -0.4 is 5.32 Å². The van der Waals surface area contributed by atoms with Crippen molar-refractivity contribution in [3.8, 4) is 0 Å². The zero-order valence-electron chi connectivity index (χ0n) is 40.0. The molecule has 4 heteroatoms. The number of hydrogen-bond donors (Lipinski definition) is 3. The van der Waals surface area contributed by atoms with Crippen LogP contribution in [0.2, 0.25) is 0 Å². The van der Waals surface area contributed by atoms with Crippen molar-refractivity contribution in [2.75, 3.05) is 6.61 Å². The molecule has 0 heterocycles. The molecule has 0 rings (SSSR count). The smallest absolute Gasteiger partial charge is 0.220 e. The first kappa shape index (κ1) is 57.6. The first-order valence-corrected chi connectivity index (χ1v) is 26.7. The monoisotopic (exact) mass is 828 g/mol. The van der Waals surface area contributed by atoms with Crippen molar-refractivity contribution in [2.45, 2.75) is 302 Å². The second-order valence-electron chi connectivity index (χ2n) is 18.3.